The van der Waals surface area contributed by atoms with Crippen molar-refractivity contribution in [3.8, 4) is 17.0 Å². The van der Waals surface area contributed by atoms with Gasteiger partial charge in [0.05, 0.1) is 5.56 Å². The normalized spacial score (nSPS) is 12.2. The summed E-state index contributed by atoms with van der Waals surface area (Å²) in [5.74, 6) is -4.23. The average molecular weight is 658 g/mol. The Hall–Kier alpha value is -4.47. The number of primary amides is 1. The van der Waals surface area contributed by atoms with E-state index in [1.54, 1.807) is 23.9 Å². The zero-order valence-electron chi connectivity index (χ0n) is 21.5. The van der Waals surface area contributed by atoms with Gasteiger partial charge < -0.3 is 29.5 Å². The first-order chi connectivity index (χ1) is 19.8. The molecule has 2 aromatic carbocycles. The van der Waals surface area contributed by atoms with Gasteiger partial charge in [0.1, 0.15) is 29.5 Å². The second-order valence-corrected chi connectivity index (χ2v) is 9.37. The van der Waals surface area contributed by atoms with Crippen molar-refractivity contribution < 1.29 is 45.4 Å². The van der Waals surface area contributed by atoms with Crippen LogP contribution in [0.3, 0.4) is 0 Å². The summed E-state index contributed by atoms with van der Waals surface area (Å²) in [5, 5.41) is 2.52. The van der Waals surface area contributed by atoms with Crippen molar-refractivity contribution in [3.05, 3.63) is 87.9 Å². The van der Waals surface area contributed by atoms with E-state index in [2.05, 4.69) is 31.2 Å². The Morgan fingerprint density at radius 2 is 1.88 bits per heavy atom. The van der Waals surface area contributed by atoms with Gasteiger partial charge in [0.15, 0.2) is 16.2 Å². The number of halogens is 6. The van der Waals surface area contributed by atoms with Crippen LogP contribution in [0.1, 0.15) is 33.7 Å². The van der Waals surface area contributed by atoms with Crippen LogP contribution in [0.2, 0.25) is 0 Å². The summed E-state index contributed by atoms with van der Waals surface area (Å²) in [5.41, 5.74) is 3.42. The highest BCUT2D eigenvalue weighted by molar-refractivity contribution is 9.10. The van der Waals surface area contributed by atoms with E-state index in [1.807, 2.05) is 0 Å². The van der Waals surface area contributed by atoms with Gasteiger partial charge in [-0.25, -0.2) is 23.5 Å². The SMILES string of the molecule is Cc1nccn1CCNC(=O)OCC(Oc1ccc(F)c(C(N)=O)c1F)c1nc(-c2ccc(C(F)(F)F)cc2)c(Br)o1. The number of imidazole rings is 1. The van der Waals surface area contributed by atoms with Crippen molar-refractivity contribution in [2.24, 2.45) is 5.73 Å². The Kier molecular flexibility index (Phi) is 9.14. The molecule has 0 bridgehead atoms. The summed E-state index contributed by atoms with van der Waals surface area (Å²) >= 11 is 3.14. The summed E-state index contributed by atoms with van der Waals surface area (Å²) in [7, 11) is 0. The third kappa shape index (κ3) is 7.05. The first-order valence-corrected chi connectivity index (χ1v) is 12.8. The fourth-order valence-corrected chi connectivity index (χ4v) is 4.21. The minimum Gasteiger partial charge on any atom is -0.474 e. The molecule has 0 saturated heterocycles. The molecular weight excluding hydrogens is 637 g/mol. The fourth-order valence-electron chi connectivity index (χ4n) is 3.73. The van der Waals surface area contributed by atoms with Crippen LogP contribution in [0.4, 0.5) is 26.7 Å². The van der Waals surface area contributed by atoms with E-state index in [4.69, 9.17) is 19.6 Å². The molecule has 10 nitrogen and oxygen atoms in total. The van der Waals surface area contributed by atoms with E-state index in [1.165, 1.54) is 0 Å². The number of hydrogen-bond donors (Lipinski definition) is 2. The van der Waals surface area contributed by atoms with Crippen LogP contribution in [-0.2, 0) is 17.5 Å². The highest BCUT2D eigenvalue weighted by Crippen LogP contribution is 2.36. The third-order valence-electron chi connectivity index (χ3n) is 5.85. The van der Waals surface area contributed by atoms with Crippen LogP contribution in [0, 0.1) is 18.6 Å². The molecule has 4 rings (SSSR count). The van der Waals surface area contributed by atoms with Crippen molar-refractivity contribution in [2.45, 2.75) is 25.7 Å². The van der Waals surface area contributed by atoms with Gasteiger partial charge in [-0.15, -0.1) is 0 Å². The molecule has 0 fully saturated rings. The summed E-state index contributed by atoms with van der Waals surface area (Å²) in [6.07, 6.45) is -3.58. The van der Waals surface area contributed by atoms with E-state index in [0.717, 1.165) is 42.2 Å². The first kappa shape index (κ1) is 30.5. The van der Waals surface area contributed by atoms with Gasteiger partial charge in [0.2, 0.25) is 12.0 Å². The smallest absolute Gasteiger partial charge is 0.416 e. The van der Waals surface area contributed by atoms with Gasteiger partial charge in [-0.1, -0.05) is 12.1 Å². The lowest BCUT2D eigenvalue weighted by Crippen LogP contribution is -2.30. The number of ether oxygens (including phenoxy) is 2. The van der Waals surface area contributed by atoms with Gasteiger partial charge >= 0.3 is 12.3 Å². The zero-order chi connectivity index (χ0) is 30.6. The number of carbonyl (C=O) groups is 2. The Morgan fingerprint density at radius 3 is 2.50 bits per heavy atom. The molecule has 2 heterocycles. The van der Waals surface area contributed by atoms with Crippen LogP contribution in [0.5, 0.6) is 5.75 Å². The molecule has 0 aliphatic carbocycles. The Bertz CT molecular complexity index is 1590. The number of alkyl halides is 3. The van der Waals surface area contributed by atoms with E-state index >= 15 is 0 Å². The van der Waals surface area contributed by atoms with Gasteiger partial charge in [-0.05, 0) is 47.1 Å². The number of aryl methyl sites for hydroxylation is 1. The lowest BCUT2D eigenvalue weighted by atomic mass is 10.1. The number of carbonyl (C=O) groups excluding carboxylic acids is 2. The lowest BCUT2D eigenvalue weighted by molar-refractivity contribution is -0.137. The molecule has 2 amide bonds. The van der Waals surface area contributed by atoms with E-state index in [0.29, 0.717) is 6.54 Å². The van der Waals surface area contributed by atoms with E-state index in [-0.39, 0.29) is 28.4 Å². The van der Waals surface area contributed by atoms with Crippen LogP contribution in [-0.4, -0.2) is 39.7 Å². The topological polar surface area (TPSA) is 134 Å². The maximum Gasteiger partial charge on any atom is 0.416 e. The molecule has 0 aliphatic heterocycles. The molecule has 0 spiro atoms. The second-order valence-electron chi connectivity index (χ2n) is 8.65. The minimum atomic E-state index is -4.55. The summed E-state index contributed by atoms with van der Waals surface area (Å²) in [6.45, 7) is 1.73. The molecule has 0 aliphatic rings. The van der Waals surface area contributed by atoms with Crippen LogP contribution in [0.15, 0.2) is 57.9 Å². The lowest BCUT2D eigenvalue weighted by Gasteiger charge is -2.18. The van der Waals surface area contributed by atoms with Crippen LogP contribution >= 0.6 is 15.9 Å². The molecule has 0 radical (unpaired) electrons. The number of oxazole rings is 1. The van der Waals surface area contributed by atoms with Crippen molar-refractivity contribution >= 4 is 27.9 Å². The Morgan fingerprint density at radius 1 is 1.17 bits per heavy atom. The molecule has 42 heavy (non-hydrogen) atoms. The standard InChI is InChI=1S/C26H21BrF5N5O5/c1-13-34-8-10-37(13)11-9-35-25(39)40-12-18(41-17-7-6-16(28)19(20(17)29)23(33)38)24-36-21(22(27)42-24)14-2-4-15(5-3-14)26(30,31)32/h2-8,10,18H,9,11-12H2,1H3,(H2,33,38)(H,35,39). The molecule has 2 aromatic heterocycles. The molecule has 16 heteroatoms. The summed E-state index contributed by atoms with van der Waals surface area (Å²) in [4.78, 5) is 32.2. The highest BCUT2D eigenvalue weighted by Gasteiger charge is 2.31. The number of alkyl carbamates (subject to hydrolysis) is 1. The molecule has 1 unspecified atom stereocenters. The average Bonchev–Trinajstić information content (AvgIpc) is 3.52. The van der Waals surface area contributed by atoms with Crippen molar-refractivity contribution in [2.75, 3.05) is 13.2 Å². The van der Waals surface area contributed by atoms with Gasteiger partial charge in [-0.3, -0.25) is 4.79 Å². The zero-order valence-corrected chi connectivity index (χ0v) is 23.1. The van der Waals surface area contributed by atoms with Crippen molar-refractivity contribution in [3.63, 3.8) is 0 Å². The largest absolute Gasteiger partial charge is 0.474 e. The summed E-state index contributed by atoms with van der Waals surface area (Å²) in [6, 6.07) is 5.66. The number of nitrogens with zero attached hydrogens (tertiary/aromatic N) is 3. The maximum atomic E-state index is 14.9. The highest BCUT2D eigenvalue weighted by atomic mass is 79.9. The third-order valence-corrected chi connectivity index (χ3v) is 6.38. The molecule has 0 saturated carbocycles. The number of hydrogen-bond acceptors (Lipinski definition) is 7. The molecule has 3 N–H and O–H groups in total. The van der Waals surface area contributed by atoms with Crippen LogP contribution in [0.25, 0.3) is 11.3 Å². The Balaban J connectivity index is 1.57. The number of aromatic nitrogens is 3. The van der Waals surface area contributed by atoms with Crippen LogP contribution < -0.4 is 15.8 Å². The van der Waals surface area contributed by atoms with Crippen molar-refractivity contribution in [1.82, 2.24) is 19.9 Å². The van der Waals surface area contributed by atoms with Gasteiger partial charge in [0.25, 0.3) is 5.91 Å². The quantitative estimate of drug-likeness (QED) is 0.214. The van der Waals surface area contributed by atoms with E-state index < -0.39 is 59.4 Å². The molecule has 1 atom stereocenters. The molecule has 4 aromatic rings. The van der Waals surface area contributed by atoms with Crippen molar-refractivity contribution in [1.29, 1.82) is 0 Å². The Labute approximate surface area is 242 Å². The van der Waals surface area contributed by atoms with Gasteiger partial charge in [0, 0.05) is 31.0 Å². The number of rotatable bonds is 10. The van der Waals surface area contributed by atoms with E-state index in [9.17, 15) is 31.5 Å². The molecular formula is C26H21BrF5N5O5. The predicted molar refractivity (Wildman–Crippen MR) is 139 cm³/mol. The number of benzene rings is 2. The number of nitrogens with one attached hydrogen (secondary N) is 1. The molecule has 222 valence electrons. The number of amides is 2. The minimum absolute atomic E-state index is 0.0246. The first-order valence-electron chi connectivity index (χ1n) is 12.0. The monoisotopic (exact) mass is 657 g/mol. The fraction of sp³-hybridized carbons (Fsp3) is 0.231. The summed E-state index contributed by atoms with van der Waals surface area (Å²) < 4.78 is 86.0. The van der Waals surface area contributed by atoms with Gasteiger partial charge in [-0.2, -0.15) is 13.2 Å². The maximum absolute atomic E-state index is 14.9. The second kappa shape index (κ2) is 12.6. The number of nitrogens with two attached hydrogens (primary N) is 1. The predicted octanol–water partition coefficient (Wildman–Crippen LogP) is 5.55.